The van der Waals surface area contributed by atoms with Gasteiger partial charge in [0.1, 0.15) is 0 Å². The Hall–Kier alpha value is -0.960. The normalized spacial score (nSPS) is 12.5. The van der Waals surface area contributed by atoms with Gasteiger partial charge in [-0.15, -0.1) is 0 Å². The molecule has 0 radical (unpaired) electrons. The van der Waals surface area contributed by atoms with E-state index in [-0.39, 0.29) is 23.7 Å². The Morgan fingerprint density at radius 1 is 0.950 bits per heavy atom. The lowest BCUT2D eigenvalue weighted by Gasteiger charge is -2.07. The number of aryl methyl sites for hydroxylation is 1. The molecule has 0 saturated carbocycles. The molecule has 0 amide bonds. The fourth-order valence-electron chi connectivity index (χ4n) is 1.43. The van der Waals surface area contributed by atoms with Crippen LogP contribution >= 0.6 is 0 Å². The van der Waals surface area contributed by atoms with Crippen LogP contribution in [-0.4, -0.2) is 35.7 Å². The summed E-state index contributed by atoms with van der Waals surface area (Å²) < 4.78 is 51.0. The summed E-state index contributed by atoms with van der Waals surface area (Å²) in [5, 5.41) is 0. The second kappa shape index (κ2) is 7.16. The largest absolute Gasteiger partial charge is 0.240 e. The molecule has 1 rings (SSSR count). The van der Waals surface area contributed by atoms with Gasteiger partial charge < -0.3 is 0 Å². The predicted molar refractivity (Wildman–Crippen MR) is 78.4 cm³/mol. The van der Waals surface area contributed by atoms with Gasteiger partial charge in [-0.3, -0.25) is 0 Å². The Kier molecular flexibility index (Phi) is 6.12. The van der Waals surface area contributed by atoms with Crippen LogP contribution in [0.1, 0.15) is 18.9 Å². The molecular weight excluding hydrogens is 300 g/mol. The van der Waals surface area contributed by atoms with E-state index in [0.717, 1.165) is 5.56 Å². The van der Waals surface area contributed by atoms with Crippen LogP contribution in [-0.2, 0) is 20.0 Å². The second-order valence-electron chi connectivity index (χ2n) is 4.36. The van der Waals surface area contributed by atoms with E-state index < -0.39 is 20.0 Å². The summed E-state index contributed by atoms with van der Waals surface area (Å²) in [6.45, 7) is 3.82. The molecule has 0 aliphatic heterocycles. The SMILES string of the molecule is CCS(=O)(=O)NCCCNS(=O)(=O)c1ccc(C)cc1. The molecule has 0 aromatic heterocycles. The minimum atomic E-state index is -3.53. The van der Waals surface area contributed by atoms with Gasteiger partial charge in [0.05, 0.1) is 10.6 Å². The molecule has 0 aliphatic carbocycles. The van der Waals surface area contributed by atoms with E-state index >= 15 is 0 Å². The van der Waals surface area contributed by atoms with E-state index in [4.69, 9.17) is 0 Å². The summed E-state index contributed by atoms with van der Waals surface area (Å²) >= 11 is 0. The van der Waals surface area contributed by atoms with Crippen LogP contribution in [0.5, 0.6) is 0 Å². The van der Waals surface area contributed by atoms with Crippen LogP contribution in [0, 0.1) is 6.92 Å². The number of hydrogen-bond donors (Lipinski definition) is 2. The van der Waals surface area contributed by atoms with Gasteiger partial charge in [-0.05, 0) is 32.4 Å². The van der Waals surface area contributed by atoms with Crippen molar-refractivity contribution in [1.82, 2.24) is 9.44 Å². The second-order valence-corrected chi connectivity index (χ2v) is 8.22. The van der Waals surface area contributed by atoms with Crippen molar-refractivity contribution in [2.24, 2.45) is 0 Å². The van der Waals surface area contributed by atoms with Gasteiger partial charge in [0.25, 0.3) is 0 Å². The van der Waals surface area contributed by atoms with E-state index in [1.54, 1.807) is 19.1 Å². The van der Waals surface area contributed by atoms with Crippen molar-refractivity contribution in [3.8, 4) is 0 Å². The molecule has 0 aliphatic rings. The molecule has 0 spiro atoms. The summed E-state index contributed by atoms with van der Waals surface area (Å²) in [7, 11) is -6.75. The van der Waals surface area contributed by atoms with Crippen LogP contribution in [0.15, 0.2) is 29.2 Å². The van der Waals surface area contributed by atoms with E-state index in [1.165, 1.54) is 12.1 Å². The number of benzene rings is 1. The third-order valence-corrected chi connectivity index (χ3v) is 5.56. The molecular formula is C12H20N2O4S2. The quantitative estimate of drug-likeness (QED) is 0.686. The molecule has 1 aromatic carbocycles. The van der Waals surface area contributed by atoms with Crippen molar-refractivity contribution in [1.29, 1.82) is 0 Å². The number of hydrogen-bond acceptors (Lipinski definition) is 4. The third-order valence-electron chi connectivity index (χ3n) is 2.68. The fraction of sp³-hybridized carbons (Fsp3) is 0.500. The van der Waals surface area contributed by atoms with E-state index in [9.17, 15) is 16.8 Å². The van der Waals surface area contributed by atoms with E-state index in [1.807, 2.05) is 6.92 Å². The molecule has 8 heteroatoms. The van der Waals surface area contributed by atoms with Crippen LogP contribution in [0.3, 0.4) is 0 Å². The zero-order chi connectivity index (χ0) is 15.2. The minimum Gasteiger partial charge on any atom is -0.215 e. The first kappa shape index (κ1) is 17.1. The number of rotatable bonds is 8. The van der Waals surface area contributed by atoms with Crippen LogP contribution < -0.4 is 9.44 Å². The molecule has 6 nitrogen and oxygen atoms in total. The first-order valence-corrected chi connectivity index (χ1v) is 9.44. The Morgan fingerprint density at radius 3 is 2.05 bits per heavy atom. The maximum Gasteiger partial charge on any atom is 0.240 e. The maximum absolute atomic E-state index is 11.9. The predicted octanol–water partition coefficient (Wildman–Crippen LogP) is 0.603. The highest BCUT2D eigenvalue weighted by Gasteiger charge is 2.12. The lowest BCUT2D eigenvalue weighted by Crippen LogP contribution is -2.30. The fourth-order valence-corrected chi connectivity index (χ4v) is 3.16. The summed E-state index contributed by atoms with van der Waals surface area (Å²) in [4.78, 5) is 0.206. The van der Waals surface area contributed by atoms with Gasteiger partial charge in [0, 0.05) is 13.1 Å². The highest BCUT2D eigenvalue weighted by atomic mass is 32.2. The van der Waals surface area contributed by atoms with Gasteiger partial charge in [0.15, 0.2) is 0 Å². The summed E-state index contributed by atoms with van der Waals surface area (Å²) in [6.07, 6.45) is 0.393. The summed E-state index contributed by atoms with van der Waals surface area (Å²) in [6, 6.07) is 6.53. The Morgan fingerprint density at radius 2 is 1.50 bits per heavy atom. The highest BCUT2D eigenvalue weighted by molar-refractivity contribution is 7.89. The van der Waals surface area contributed by atoms with E-state index in [2.05, 4.69) is 9.44 Å². The summed E-state index contributed by atoms with van der Waals surface area (Å²) in [5.74, 6) is 0.0160. The third kappa shape index (κ3) is 5.58. The number of nitrogens with one attached hydrogen (secondary N) is 2. The molecule has 20 heavy (non-hydrogen) atoms. The number of sulfonamides is 2. The molecule has 114 valence electrons. The van der Waals surface area contributed by atoms with Crippen molar-refractivity contribution >= 4 is 20.0 Å². The van der Waals surface area contributed by atoms with Crippen LogP contribution in [0.25, 0.3) is 0 Å². The van der Waals surface area contributed by atoms with Crippen LogP contribution in [0.2, 0.25) is 0 Å². The van der Waals surface area contributed by atoms with Gasteiger partial charge in [-0.2, -0.15) is 0 Å². The minimum absolute atomic E-state index is 0.0160. The van der Waals surface area contributed by atoms with Gasteiger partial charge in [-0.25, -0.2) is 26.3 Å². The molecule has 0 bridgehead atoms. The average molecular weight is 320 g/mol. The van der Waals surface area contributed by atoms with Crippen molar-refractivity contribution in [3.05, 3.63) is 29.8 Å². The molecule has 0 saturated heterocycles. The van der Waals surface area contributed by atoms with Gasteiger partial charge >= 0.3 is 0 Å². The maximum atomic E-state index is 11.9. The zero-order valence-corrected chi connectivity index (χ0v) is 13.2. The first-order chi connectivity index (χ1) is 9.27. The van der Waals surface area contributed by atoms with Crippen molar-refractivity contribution in [3.63, 3.8) is 0 Å². The molecule has 0 heterocycles. The Labute approximate surface area is 120 Å². The molecule has 0 unspecified atom stereocenters. The lowest BCUT2D eigenvalue weighted by atomic mass is 10.2. The molecule has 0 fully saturated rings. The van der Waals surface area contributed by atoms with Crippen molar-refractivity contribution < 1.29 is 16.8 Å². The van der Waals surface area contributed by atoms with Gasteiger partial charge in [0.2, 0.25) is 20.0 Å². The van der Waals surface area contributed by atoms with Gasteiger partial charge in [-0.1, -0.05) is 17.7 Å². The lowest BCUT2D eigenvalue weighted by molar-refractivity contribution is 0.573. The Balaban J connectivity index is 2.43. The highest BCUT2D eigenvalue weighted by Crippen LogP contribution is 2.09. The smallest absolute Gasteiger partial charge is 0.215 e. The summed E-state index contributed by atoms with van der Waals surface area (Å²) in [5.41, 5.74) is 0.984. The average Bonchev–Trinajstić information content (AvgIpc) is 2.38. The van der Waals surface area contributed by atoms with E-state index in [0.29, 0.717) is 6.42 Å². The Bertz CT molecular complexity index is 622. The standard InChI is InChI=1S/C12H20N2O4S2/c1-3-19(15,16)13-9-4-10-14-20(17,18)12-7-5-11(2)6-8-12/h5-8,13-14H,3-4,9-10H2,1-2H3. The van der Waals surface area contributed by atoms with Crippen LogP contribution in [0.4, 0.5) is 0 Å². The van der Waals surface area contributed by atoms with Crippen molar-refractivity contribution in [2.75, 3.05) is 18.8 Å². The molecule has 1 aromatic rings. The monoisotopic (exact) mass is 320 g/mol. The topological polar surface area (TPSA) is 92.3 Å². The zero-order valence-electron chi connectivity index (χ0n) is 11.6. The molecule has 2 N–H and O–H groups in total. The van der Waals surface area contributed by atoms with Crippen molar-refractivity contribution in [2.45, 2.75) is 25.2 Å². The molecule has 0 atom stereocenters. The first-order valence-electron chi connectivity index (χ1n) is 6.30.